The summed E-state index contributed by atoms with van der Waals surface area (Å²) < 4.78 is 20.3. The molecule has 0 aliphatic carbocycles. The molecular formula is C14H15BrFNO. The Morgan fingerprint density at radius 3 is 2.72 bits per heavy atom. The van der Waals surface area contributed by atoms with E-state index in [1.165, 1.54) is 6.07 Å². The molecule has 2 nitrogen and oxygen atoms in total. The number of benzene rings is 1. The summed E-state index contributed by atoms with van der Waals surface area (Å²) in [5.74, 6) is 0.476. The average molecular weight is 312 g/mol. The van der Waals surface area contributed by atoms with Gasteiger partial charge in [-0.05, 0) is 47.1 Å². The fourth-order valence-corrected chi connectivity index (χ4v) is 2.36. The highest BCUT2D eigenvalue weighted by Crippen LogP contribution is 2.31. The summed E-state index contributed by atoms with van der Waals surface area (Å²) >= 11 is 3.42. The summed E-state index contributed by atoms with van der Waals surface area (Å²) in [6.07, 6.45) is 1.59. The number of hydrogen-bond acceptors (Lipinski definition) is 2. The number of nitrogens with one attached hydrogen (secondary N) is 1. The molecule has 0 radical (unpaired) electrons. The van der Waals surface area contributed by atoms with E-state index in [9.17, 15) is 4.39 Å². The van der Waals surface area contributed by atoms with Gasteiger partial charge in [0.2, 0.25) is 0 Å². The first-order chi connectivity index (χ1) is 8.63. The van der Waals surface area contributed by atoms with E-state index >= 15 is 0 Å². The molecule has 1 N–H and O–H groups in total. The van der Waals surface area contributed by atoms with Crippen molar-refractivity contribution < 1.29 is 8.81 Å². The van der Waals surface area contributed by atoms with Crippen LogP contribution in [0, 0.1) is 12.7 Å². The summed E-state index contributed by atoms with van der Waals surface area (Å²) in [6.45, 7) is 4.58. The van der Waals surface area contributed by atoms with Crippen molar-refractivity contribution in [2.24, 2.45) is 0 Å². The van der Waals surface area contributed by atoms with Crippen molar-refractivity contribution in [1.82, 2.24) is 5.32 Å². The van der Waals surface area contributed by atoms with Gasteiger partial charge in [0, 0.05) is 5.56 Å². The highest BCUT2D eigenvalue weighted by molar-refractivity contribution is 9.10. The molecule has 1 atom stereocenters. The van der Waals surface area contributed by atoms with Crippen LogP contribution in [0.2, 0.25) is 0 Å². The number of rotatable bonds is 4. The van der Waals surface area contributed by atoms with Crippen LogP contribution in [0.15, 0.2) is 39.4 Å². The first kappa shape index (κ1) is 13.3. The predicted octanol–water partition coefficient (Wildman–Crippen LogP) is 4.19. The van der Waals surface area contributed by atoms with Crippen molar-refractivity contribution in [2.75, 3.05) is 6.54 Å². The molecule has 0 aliphatic heterocycles. The molecule has 2 rings (SSSR count). The Hall–Kier alpha value is -1.13. The Labute approximate surface area is 114 Å². The monoisotopic (exact) mass is 311 g/mol. The highest BCUT2D eigenvalue weighted by atomic mass is 79.9. The van der Waals surface area contributed by atoms with Crippen LogP contribution in [0.25, 0.3) is 0 Å². The van der Waals surface area contributed by atoms with Crippen LogP contribution in [-0.2, 0) is 0 Å². The second-order valence-corrected chi connectivity index (χ2v) is 5.00. The molecule has 0 amide bonds. The zero-order valence-corrected chi connectivity index (χ0v) is 11.9. The molecule has 1 aromatic heterocycles. The van der Waals surface area contributed by atoms with Crippen LogP contribution in [0.3, 0.4) is 0 Å². The third-order valence-electron chi connectivity index (χ3n) is 2.78. The molecule has 96 valence electrons. The molecule has 0 fully saturated rings. The van der Waals surface area contributed by atoms with Gasteiger partial charge in [0.05, 0.1) is 16.8 Å². The van der Waals surface area contributed by atoms with Crippen LogP contribution >= 0.6 is 15.9 Å². The van der Waals surface area contributed by atoms with Crippen molar-refractivity contribution in [3.63, 3.8) is 0 Å². The molecule has 0 saturated carbocycles. The van der Waals surface area contributed by atoms with E-state index in [2.05, 4.69) is 21.2 Å². The Balaban J connectivity index is 2.45. The topological polar surface area (TPSA) is 25.2 Å². The largest absolute Gasteiger partial charge is 0.466 e. The zero-order chi connectivity index (χ0) is 13.1. The van der Waals surface area contributed by atoms with E-state index in [0.29, 0.717) is 11.3 Å². The summed E-state index contributed by atoms with van der Waals surface area (Å²) in [6, 6.07) is 6.77. The van der Waals surface area contributed by atoms with E-state index in [4.69, 9.17) is 4.42 Å². The van der Waals surface area contributed by atoms with Gasteiger partial charge in [-0.25, -0.2) is 4.39 Å². The maximum atomic E-state index is 14.1. The molecule has 4 heteroatoms. The summed E-state index contributed by atoms with van der Waals surface area (Å²) in [5, 5.41) is 3.24. The van der Waals surface area contributed by atoms with Gasteiger partial charge in [0.25, 0.3) is 0 Å². The first-order valence-electron chi connectivity index (χ1n) is 5.85. The van der Waals surface area contributed by atoms with Gasteiger partial charge in [-0.15, -0.1) is 0 Å². The maximum absolute atomic E-state index is 14.1. The fourth-order valence-electron chi connectivity index (χ4n) is 1.93. The summed E-state index contributed by atoms with van der Waals surface area (Å²) in [5.41, 5.74) is 1.50. The molecule has 0 saturated heterocycles. The lowest BCUT2D eigenvalue weighted by molar-refractivity contribution is 0.439. The van der Waals surface area contributed by atoms with E-state index < -0.39 is 0 Å². The Kier molecular flexibility index (Phi) is 4.19. The summed E-state index contributed by atoms with van der Waals surface area (Å²) in [4.78, 5) is 0. The van der Waals surface area contributed by atoms with Crippen molar-refractivity contribution in [3.8, 4) is 0 Å². The Morgan fingerprint density at radius 1 is 1.39 bits per heavy atom. The fraction of sp³-hybridized carbons (Fsp3) is 0.286. The van der Waals surface area contributed by atoms with E-state index in [0.717, 1.165) is 16.6 Å². The zero-order valence-electron chi connectivity index (χ0n) is 10.3. The lowest BCUT2D eigenvalue weighted by Crippen LogP contribution is -2.23. The maximum Gasteiger partial charge on any atom is 0.139 e. The second kappa shape index (κ2) is 5.67. The molecule has 1 aromatic carbocycles. The van der Waals surface area contributed by atoms with Gasteiger partial charge in [-0.2, -0.15) is 0 Å². The van der Waals surface area contributed by atoms with Crippen LogP contribution < -0.4 is 5.32 Å². The molecule has 18 heavy (non-hydrogen) atoms. The molecular weight excluding hydrogens is 297 g/mol. The van der Waals surface area contributed by atoms with Gasteiger partial charge in [-0.1, -0.05) is 19.1 Å². The van der Waals surface area contributed by atoms with Crippen molar-refractivity contribution >= 4 is 15.9 Å². The van der Waals surface area contributed by atoms with Crippen molar-refractivity contribution in [2.45, 2.75) is 19.9 Å². The SMILES string of the molecule is CCNC(c1ccc(C)cc1F)c1occc1Br. The number of halogens is 2. The minimum atomic E-state index is -0.278. The predicted molar refractivity (Wildman–Crippen MR) is 73.1 cm³/mol. The van der Waals surface area contributed by atoms with Crippen molar-refractivity contribution in [3.05, 3.63) is 57.7 Å². The van der Waals surface area contributed by atoms with E-state index in [1.54, 1.807) is 12.3 Å². The van der Waals surface area contributed by atoms with Crippen LogP contribution in [0.4, 0.5) is 4.39 Å². The third-order valence-corrected chi connectivity index (χ3v) is 3.44. The standard InChI is InChI=1S/C14H15BrFNO/c1-3-17-13(14-11(15)6-7-18-14)10-5-4-9(2)8-12(10)16/h4-8,13,17H,3H2,1-2H3. The highest BCUT2D eigenvalue weighted by Gasteiger charge is 2.22. The average Bonchev–Trinajstić information content (AvgIpc) is 2.73. The molecule has 1 unspecified atom stereocenters. The quantitative estimate of drug-likeness (QED) is 0.916. The van der Waals surface area contributed by atoms with Crippen LogP contribution in [0.5, 0.6) is 0 Å². The van der Waals surface area contributed by atoms with E-state index in [1.807, 2.05) is 26.0 Å². The number of aryl methyl sites for hydroxylation is 1. The van der Waals surface area contributed by atoms with Gasteiger partial charge >= 0.3 is 0 Å². The smallest absolute Gasteiger partial charge is 0.139 e. The second-order valence-electron chi connectivity index (χ2n) is 4.15. The van der Waals surface area contributed by atoms with Gasteiger partial charge in [0.1, 0.15) is 11.6 Å². The molecule has 0 bridgehead atoms. The first-order valence-corrected chi connectivity index (χ1v) is 6.65. The van der Waals surface area contributed by atoms with Gasteiger partial charge in [0.15, 0.2) is 0 Å². The summed E-state index contributed by atoms with van der Waals surface area (Å²) in [7, 11) is 0. The van der Waals surface area contributed by atoms with Crippen LogP contribution in [-0.4, -0.2) is 6.54 Å². The molecule has 0 aliphatic rings. The Bertz CT molecular complexity index is 538. The minimum absolute atomic E-state index is 0.218. The van der Waals surface area contributed by atoms with E-state index in [-0.39, 0.29) is 11.9 Å². The molecule has 0 spiro atoms. The van der Waals surface area contributed by atoms with Gasteiger partial charge < -0.3 is 9.73 Å². The normalized spacial score (nSPS) is 12.7. The lowest BCUT2D eigenvalue weighted by atomic mass is 10.0. The number of furan rings is 1. The van der Waals surface area contributed by atoms with Crippen molar-refractivity contribution in [1.29, 1.82) is 0 Å². The van der Waals surface area contributed by atoms with Gasteiger partial charge in [-0.3, -0.25) is 0 Å². The Morgan fingerprint density at radius 2 is 2.17 bits per heavy atom. The number of hydrogen-bond donors (Lipinski definition) is 1. The molecule has 2 aromatic rings. The lowest BCUT2D eigenvalue weighted by Gasteiger charge is -2.17. The molecule has 1 heterocycles. The third kappa shape index (κ3) is 2.65. The minimum Gasteiger partial charge on any atom is -0.466 e. The van der Waals surface area contributed by atoms with Crippen LogP contribution in [0.1, 0.15) is 29.9 Å².